The molecule has 0 bridgehead atoms. The molecule has 0 radical (unpaired) electrons. The fraction of sp³-hybridized carbons (Fsp3) is 0.484. The van der Waals surface area contributed by atoms with Crippen molar-refractivity contribution >= 4 is 17.2 Å². The summed E-state index contributed by atoms with van der Waals surface area (Å²) >= 11 is 1.75. The molecule has 5 rings (SSSR count). The zero-order valence-electron chi connectivity index (χ0n) is 22.7. The van der Waals surface area contributed by atoms with Gasteiger partial charge in [0.15, 0.2) is 11.6 Å². The second kappa shape index (κ2) is 11.9. The maximum Gasteiger partial charge on any atom is 0.166 e. The predicted molar refractivity (Wildman–Crippen MR) is 154 cm³/mol. The number of hydrogen-bond acceptors (Lipinski definition) is 7. The molecule has 200 valence electrons. The van der Waals surface area contributed by atoms with Gasteiger partial charge >= 0.3 is 0 Å². The van der Waals surface area contributed by atoms with Crippen LogP contribution in [0.3, 0.4) is 0 Å². The Kier molecular flexibility index (Phi) is 8.32. The number of benzene rings is 1. The van der Waals surface area contributed by atoms with Gasteiger partial charge in [0.25, 0.3) is 0 Å². The molecule has 2 aliphatic rings. The quantitative estimate of drug-likeness (QED) is 0.371. The van der Waals surface area contributed by atoms with Gasteiger partial charge in [-0.25, -0.2) is 9.97 Å². The molecule has 7 heteroatoms. The Morgan fingerprint density at radius 3 is 2.66 bits per heavy atom. The van der Waals surface area contributed by atoms with Crippen LogP contribution in [0.4, 0.5) is 5.82 Å². The van der Waals surface area contributed by atoms with Gasteiger partial charge in [0.2, 0.25) is 0 Å². The van der Waals surface area contributed by atoms with Crippen molar-refractivity contribution in [3.05, 3.63) is 58.9 Å². The Labute approximate surface area is 230 Å². The Bertz CT molecular complexity index is 1300. The van der Waals surface area contributed by atoms with Crippen LogP contribution in [-0.2, 0) is 11.3 Å². The zero-order chi connectivity index (χ0) is 26.5. The highest BCUT2D eigenvalue weighted by Crippen LogP contribution is 2.37. The molecular formula is C31H38N4O2S. The molecule has 1 aliphatic heterocycles. The molecule has 3 aromatic rings. The van der Waals surface area contributed by atoms with Crippen molar-refractivity contribution in [2.24, 2.45) is 5.92 Å². The molecule has 1 aliphatic carbocycles. The third-order valence-electron chi connectivity index (χ3n) is 8.09. The van der Waals surface area contributed by atoms with Crippen molar-refractivity contribution in [2.45, 2.75) is 63.6 Å². The van der Waals surface area contributed by atoms with Crippen LogP contribution in [0.2, 0.25) is 0 Å². The van der Waals surface area contributed by atoms with Gasteiger partial charge in [-0.1, -0.05) is 36.8 Å². The number of aromatic nitrogens is 2. The molecule has 6 nitrogen and oxygen atoms in total. The van der Waals surface area contributed by atoms with E-state index in [1.807, 2.05) is 36.7 Å². The maximum atomic E-state index is 6.18. The van der Waals surface area contributed by atoms with Crippen LogP contribution in [0.5, 0.6) is 5.75 Å². The van der Waals surface area contributed by atoms with Gasteiger partial charge < -0.3 is 20.1 Å². The number of methoxy groups -OCH3 is 1. The number of nitrogen functional groups attached to an aromatic ring is 1. The van der Waals surface area contributed by atoms with Crippen molar-refractivity contribution in [2.75, 3.05) is 33.0 Å². The van der Waals surface area contributed by atoms with Gasteiger partial charge in [-0.15, -0.1) is 11.3 Å². The van der Waals surface area contributed by atoms with E-state index < -0.39 is 5.60 Å². The number of hydrogen-bond donors (Lipinski definition) is 1. The van der Waals surface area contributed by atoms with Gasteiger partial charge in [0.05, 0.1) is 9.88 Å². The highest BCUT2D eigenvalue weighted by atomic mass is 32.1. The molecular weight excluding hydrogens is 492 g/mol. The SMILES string of the molecule is COC(C)(C#Cc1cccc(COc2cc(-c3cnc(C4CCN(C)CC4)s3)cnc2N)c1)C1CCCC1. The topological polar surface area (TPSA) is 73.5 Å². The molecule has 0 amide bonds. The first-order valence-electron chi connectivity index (χ1n) is 13.6. The lowest BCUT2D eigenvalue weighted by molar-refractivity contribution is 0.00828. The van der Waals surface area contributed by atoms with E-state index in [9.17, 15) is 0 Å². The summed E-state index contributed by atoms with van der Waals surface area (Å²) in [5.74, 6) is 8.77. The lowest BCUT2D eigenvalue weighted by atomic mass is 9.88. The smallest absolute Gasteiger partial charge is 0.166 e. The summed E-state index contributed by atoms with van der Waals surface area (Å²) in [6.45, 7) is 4.75. The predicted octanol–water partition coefficient (Wildman–Crippen LogP) is 6.12. The standard InChI is InChI=1S/C31H38N4O2S/c1-31(36-3,26-9-4-5-10-26)14-11-22-7-6-8-23(17-22)21-37-27-18-25(19-33-29(27)32)28-20-34-30(38-28)24-12-15-35(2)16-13-24/h6-8,17-20,24,26H,4-5,9-10,12-13,15-16,21H2,1-3H3,(H2,32,33). The normalized spacial score (nSPS) is 18.6. The molecule has 0 spiro atoms. The van der Waals surface area contributed by atoms with Gasteiger partial charge in [0.1, 0.15) is 12.2 Å². The average Bonchev–Trinajstić information content (AvgIpc) is 3.66. The molecule has 2 N–H and O–H groups in total. The minimum absolute atomic E-state index is 0.386. The summed E-state index contributed by atoms with van der Waals surface area (Å²) in [6, 6.07) is 10.1. The zero-order valence-corrected chi connectivity index (χ0v) is 23.5. The highest BCUT2D eigenvalue weighted by Gasteiger charge is 2.34. The van der Waals surface area contributed by atoms with Gasteiger partial charge in [-0.2, -0.15) is 0 Å². The van der Waals surface area contributed by atoms with Crippen molar-refractivity contribution in [3.63, 3.8) is 0 Å². The number of rotatable bonds is 7. The number of ether oxygens (including phenoxy) is 2. The van der Waals surface area contributed by atoms with Crippen LogP contribution >= 0.6 is 11.3 Å². The number of anilines is 1. The second-order valence-corrected chi connectivity index (χ2v) is 11.8. The number of nitrogens with zero attached hydrogens (tertiary/aromatic N) is 3. The largest absolute Gasteiger partial charge is 0.485 e. The lowest BCUT2D eigenvalue weighted by Gasteiger charge is -2.28. The van der Waals surface area contributed by atoms with E-state index in [1.54, 1.807) is 18.4 Å². The van der Waals surface area contributed by atoms with Gasteiger partial charge in [-0.05, 0) is 82.4 Å². The molecule has 1 saturated carbocycles. The Hall–Kier alpha value is -2.92. The first-order valence-corrected chi connectivity index (χ1v) is 14.5. The van der Waals surface area contributed by atoms with Crippen LogP contribution < -0.4 is 10.5 Å². The summed E-state index contributed by atoms with van der Waals surface area (Å²) in [4.78, 5) is 12.6. The van der Waals surface area contributed by atoms with Crippen molar-refractivity contribution < 1.29 is 9.47 Å². The van der Waals surface area contributed by atoms with Gasteiger partial charge in [0, 0.05) is 36.5 Å². The van der Waals surface area contributed by atoms with E-state index in [2.05, 4.69) is 41.8 Å². The van der Waals surface area contributed by atoms with E-state index in [1.165, 1.54) is 30.7 Å². The molecule has 1 unspecified atom stereocenters. The van der Waals surface area contributed by atoms with Crippen LogP contribution in [-0.4, -0.2) is 47.7 Å². The van der Waals surface area contributed by atoms with E-state index in [0.29, 0.717) is 30.0 Å². The lowest BCUT2D eigenvalue weighted by Crippen LogP contribution is -2.33. The first kappa shape index (κ1) is 26.7. The molecule has 1 atom stereocenters. The second-order valence-electron chi connectivity index (χ2n) is 10.8. The van der Waals surface area contributed by atoms with Crippen molar-refractivity contribution in [3.8, 4) is 28.0 Å². The van der Waals surface area contributed by atoms with Crippen LogP contribution in [0, 0.1) is 17.8 Å². The molecule has 1 saturated heterocycles. The summed E-state index contributed by atoms with van der Waals surface area (Å²) in [6.07, 6.45) is 11.0. The highest BCUT2D eigenvalue weighted by molar-refractivity contribution is 7.15. The minimum Gasteiger partial charge on any atom is -0.485 e. The molecule has 1 aromatic carbocycles. The third-order valence-corrected chi connectivity index (χ3v) is 9.30. The monoisotopic (exact) mass is 530 g/mol. The summed E-state index contributed by atoms with van der Waals surface area (Å²) in [5, 5.41) is 1.21. The Morgan fingerprint density at radius 2 is 1.89 bits per heavy atom. The number of nitrogens with two attached hydrogens (primary N) is 1. The average molecular weight is 531 g/mol. The van der Waals surface area contributed by atoms with E-state index >= 15 is 0 Å². The van der Waals surface area contributed by atoms with E-state index in [0.717, 1.165) is 47.5 Å². The number of likely N-dealkylation sites (tertiary alicyclic amines) is 1. The molecule has 38 heavy (non-hydrogen) atoms. The Balaban J connectivity index is 1.26. The number of piperidine rings is 1. The minimum atomic E-state index is -0.409. The van der Waals surface area contributed by atoms with Crippen LogP contribution in [0.25, 0.3) is 10.4 Å². The first-order chi connectivity index (χ1) is 18.4. The maximum absolute atomic E-state index is 6.18. The summed E-state index contributed by atoms with van der Waals surface area (Å²) in [5.41, 5.74) is 8.74. The third kappa shape index (κ3) is 6.20. The number of thiazole rings is 1. The fourth-order valence-corrected chi connectivity index (χ4v) is 6.53. The van der Waals surface area contributed by atoms with Crippen molar-refractivity contribution in [1.82, 2.24) is 14.9 Å². The molecule has 2 fully saturated rings. The fourth-order valence-electron chi connectivity index (χ4n) is 5.46. The van der Waals surface area contributed by atoms with Crippen molar-refractivity contribution in [1.29, 1.82) is 0 Å². The Morgan fingerprint density at radius 1 is 1.11 bits per heavy atom. The van der Waals surface area contributed by atoms with E-state index in [-0.39, 0.29) is 0 Å². The van der Waals surface area contributed by atoms with Crippen LogP contribution in [0.1, 0.15) is 67.5 Å². The molecule has 3 heterocycles. The van der Waals surface area contributed by atoms with Crippen LogP contribution in [0.15, 0.2) is 42.7 Å². The summed E-state index contributed by atoms with van der Waals surface area (Å²) < 4.78 is 12.0. The molecule has 2 aromatic heterocycles. The number of pyridine rings is 1. The van der Waals surface area contributed by atoms with E-state index in [4.69, 9.17) is 20.2 Å². The summed E-state index contributed by atoms with van der Waals surface area (Å²) in [7, 11) is 3.95. The van der Waals surface area contributed by atoms with Gasteiger partial charge in [-0.3, -0.25) is 0 Å².